The van der Waals surface area contributed by atoms with Crippen molar-refractivity contribution >= 4 is 43.4 Å². The molecule has 1 aromatic heterocycles. The van der Waals surface area contributed by atoms with E-state index < -0.39 is 0 Å². The van der Waals surface area contributed by atoms with Gasteiger partial charge in [0.2, 0.25) is 0 Å². The molecule has 0 saturated heterocycles. The molecule has 6 rings (SSSR count). The topological polar surface area (TPSA) is 4.93 Å². The first-order valence-corrected chi connectivity index (χ1v) is 12.4. The fourth-order valence-electron chi connectivity index (χ4n) is 6.52. The second kappa shape index (κ2) is 6.41. The van der Waals surface area contributed by atoms with Crippen molar-refractivity contribution in [1.82, 2.24) is 4.57 Å². The molecule has 1 heterocycles. The van der Waals surface area contributed by atoms with Crippen LogP contribution in [0.2, 0.25) is 0 Å². The van der Waals surface area contributed by atoms with Gasteiger partial charge < -0.3 is 4.57 Å². The van der Waals surface area contributed by atoms with E-state index in [-0.39, 0.29) is 16.4 Å². The summed E-state index contributed by atoms with van der Waals surface area (Å²) in [7, 11) is 0. The zero-order valence-electron chi connectivity index (χ0n) is 21.1. The molecule has 4 aromatic carbocycles. The van der Waals surface area contributed by atoms with Crippen LogP contribution in [-0.4, -0.2) is 4.57 Å². The Morgan fingerprint density at radius 2 is 1.33 bits per heavy atom. The molecule has 0 amide bonds. The van der Waals surface area contributed by atoms with Gasteiger partial charge in [0.1, 0.15) is 0 Å². The van der Waals surface area contributed by atoms with Gasteiger partial charge >= 0.3 is 0 Å². The second-order valence-electron chi connectivity index (χ2n) is 12.5. The average Bonchev–Trinajstić information content (AvgIpc) is 3.11. The Morgan fingerprint density at radius 1 is 0.667 bits per heavy atom. The maximum Gasteiger partial charge on any atom is 0.0537 e. The lowest BCUT2D eigenvalue weighted by Gasteiger charge is -2.43. The number of fused-ring (bicyclic) bond motifs is 9. The van der Waals surface area contributed by atoms with Crippen LogP contribution in [0.1, 0.15) is 72.4 Å². The molecular weight excluding hydrogens is 398 g/mol. The van der Waals surface area contributed by atoms with Crippen molar-refractivity contribution in [3.05, 3.63) is 71.8 Å². The Morgan fingerprint density at radius 3 is 2.09 bits per heavy atom. The molecule has 0 bridgehead atoms. The van der Waals surface area contributed by atoms with Gasteiger partial charge in [0.05, 0.1) is 11.0 Å². The Balaban J connectivity index is 1.95. The lowest BCUT2D eigenvalue weighted by atomic mass is 9.62. The first-order valence-electron chi connectivity index (χ1n) is 12.4. The van der Waals surface area contributed by atoms with Gasteiger partial charge in [-0.05, 0) is 83.2 Å². The summed E-state index contributed by atoms with van der Waals surface area (Å²) in [5, 5.41) is 8.21. The third kappa shape index (κ3) is 2.78. The lowest BCUT2D eigenvalue weighted by Crippen LogP contribution is -2.35. The highest BCUT2D eigenvalue weighted by molar-refractivity contribution is 6.28. The van der Waals surface area contributed by atoms with Gasteiger partial charge in [-0.1, -0.05) is 82.3 Å². The van der Waals surface area contributed by atoms with Crippen molar-refractivity contribution in [3.63, 3.8) is 0 Å². The second-order valence-corrected chi connectivity index (χ2v) is 12.5. The number of rotatable bonds is 0. The minimum Gasteiger partial charge on any atom is -0.335 e. The van der Waals surface area contributed by atoms with Crippen LogP contribution in [-0.2, 0) is 16.4 Å². The zero-order valence-corrected chi connectivity index (χ0v) is 21.1. The summed E-state index contributed by atoms with van der Waals surface area (Å²) in [6.45, 7) is 16.9. The fraction of sp³-hybridized carbons (Fsp3) is 0.375. The van der Waals surface area contributed by atoms with Crippen LogP contribution in [0.25, 0.3) is 43.4 Å². The predicted octanol–water partition coefficient (Wildman–Crippen LogP) is 9.20. The molecular formula is C32H35N. The average molecular weight is 434 g/mol. The van der Waals surface area contributed by atoms with Gasteiger partial charge in [-0.3, -0.25) is 0 Å². The Bertz CT molecular complexity index is 1580. The van der Waals surface area contributed by atoms with E-state index in [9.17, 15) is 0 Å². The van der Waals surface area contributed by atoms with E-state index in [0.29, 0.717) is 0 Å². The van der Waals surface area contributed by atoms with Crippen LogP contribution in [0, 0.1) is 0 Å². The fourth-order valence-corrected chi connectivity index (χ4v) is 6.52. The monoisotopic (exact) mass is 433 g/mol. The maximum absolute atomic E-state index is 2.65. The molecule has 33 heavy (non-hydrogen) atoms. The normalized spacial score (nSPS) is 17.8. The van der Waals surface area contributed by atoms with Crippen molar-refractivity contribution < 1.29 is 0 Å². The molecule has 0 aliphatic heterocycles. The molecule has 0 radical (unpaired) electrons. The summed E-state index contributed by atoms with van der Waals surface area (Å²) in [6.07, 6.45) is 2.46. The van der Waals surface area contributed by atoms with E-state index in [1.54, 1.807) is 5.56 Å². The maximum atomic E-state index is 2.65. The predicted molar refractivity (Wildman–Crippen MR) is 145 cm³/mol. The Kier molecular flexibility index (Phi) is 4.04. The molecule has 0 unspecified atom stereocenters. The third-order valence-electron chi connectivity index (χ3n) is 8.25. The van der Waals surface area contributed by atoms with Gasteiger partial charge in [-0.25, -0.2) is 0 Å². The highest BCUT2D eigenvalue weighted by Gasteiger charge is 2.40. The van der Waals surface area contributed by atoms with Crippen molar-refractivity contribution in [1.29, 1.82) is 0 Å². The van der Waals surface area contributed by atoms with E-state index in [1.807, 2.05) is 0 Å². The molecule has 0 spiro atoms. The smallest absolute Gasteiger partial charge is 0.0537 e. The molecule has 0 fully saturated rings. The van der Waals surface area contributed by atoms with Crippen molar-refractivity contribution in [2.45, 2.75) is 77.7 Å². The first kappa shape index (κ1) is 20.8. The van der Waals surface area contributed by atoms with Gasteiger partial charge in [-0.2, -0.15) is 0 Å². The van der Waals surface area contributed by atoms with E-state index in [4.69, 9.17) is 0 Å². The van der Waals surface area contributed by atoms with Crippen LogP contribution >= 0.6 is 0 Å². The van der Waals surface area contributed by atoms with Crippen LogP contribution < -0.4 is 0 Å². The van der Waals surface area contributed by atoms with Crippen molar-refractivity contribution in [2.75, 3.05) is 0 Å². The molecule has 1 aliphatic carbocycles. The quantitative estimate of drug-likeness (QED) is 0.214. The van der Waals surface area contributed by atoms with Gasteiger partial charge in [0, 0.05) is 16.3 Å². The minimum atomic E-state index is -0.0228. The highest BCUT2D eigenvalue weighted by Crippen LogP contribution is 2.51. The summed E-state index contributed by atoms with van der Waals surface area (Å²) in [5.74, 6) is 0. The first-order chi connectivity index (χ1) is 15.5. The van der Waals surface area contributed by atoms with Crippen LogP contribution in [0.15, 0.2) is 60.7 Å². The summed E-state index contributed by atoms with van der Waals surface area (Å²) < 4.78 is 2.65. The van der Waals surface area contributed by atoms with E-state index >= 15 is 0 Å². The molecule has 1 nitrogen and oxygen atoms in total. The van der Waals surface area contributed by atoms with Crippen LogP contribution in [0.3, 0.4) is 0 Å². The van der Waals surface area contributed by atoms with Gasteiger partial charge in [-0.15, -0.1) is 0 Å². The zero-order chi connectivity index (χ0) is 23.3. The number of hydrogen-bond donors (Lipinski definition) is 0. The third-order valence-corrected chi connectivity index (χ3v) is 8.25. The lowest BCUT2D eigenvalue weighted by molar-refractivity contribution is 0.331. The van der Waals surface area contributed by atoms with Gasteiger partial charge in [0.15, 0.2) is 0 Å². The summed E-state index contributed by atoms with van der Waals surface area (Å²) in [6, 6.07) is 23.0. The largest absolute Gasteiger partial charge is 0.335 e. The molecule has 168 valence electrons. The molecule has 0 saturated carbocycles. The molecule has 0 atom stereocenters. The number of nitrogens with zero attached hydrogens (tertiary/aromatic N) is 1. The summed E-state index contributed by atoms with van der Waals surface area (Å²) in [4.78, 5) is 0. The highest BCUT2D eigenvalue weighted by atomic mass is 15.1. The summed E-state index contributed by atoms with van der Waals surface area (Å²) >= 11 is 0. The van der Waals surface area contributed by atoms with E-state index in [0.717, 1.165) is 0 Å². The standard InChI is InChI=1S/C32H35N/c1-30(2,3)33-25-17-14-21-13-12-20-10-8-9-11-22(20)26(21)27(25)23-15-16-24-28(29(23)33)32(6,7)19-18-31(24,4)5/h8-17H,18-19H2,1-7H3. The molecule has 1 aliphatic rings. The molecule has 0 N–H and O–H groups in total. The number of aromatic nitrogens is 1. The SMILES string of the molecule is CC1(C)CCC(C)(C)c2c1ccc1c3c4c(ccc5ccccc54)ccc3n(C(C)(C)C)c21. The summed E-state index contributed by atoms with van der Waals surface area (Å²) in [5.41, 5.74) is 6.24. The van der Waals surface area contributed by atoms with Crippen molar-refractivity contribution in [2.24, 2.45) is 0 Å². The van der Waals surface area contributed by atoms with E-state index in [1.165, 1.54) is 61.8 Å². The van der Waals surface area contributed by atoms with Crippen LogP contribution in [0.4, 0.5) is 0 Å². The molecule has 1 heteroatoms. The minimum absolute atomic E-state index is 0.0228. The van der Waals surface area contributed by atoms with Crippen molar-refractivity contribution in [3.8, 4) is 0 Å². The Labute approximate surface area is 197 Å². The molecule has 5 aromatic rings. The number of benzene rings is 4. The van der Waals surface area contributed by atoms with Crippen LogP contribution in [0.5, 0.6) is 0 Å². The number of hydrogen-bond acceptors (Lipinski definition) is 0. The van der Waals surface area contributed by atoms with Gasteiger partial charge in [0.25, 0.3) is 0 Å². The Hall–Kier alpha value is -2.80. The van der Waals surface area contributed by atoms with E-state index in [2.05, 4.69) is 114 Å².